The van der Waals surface area contributed by atoms with Gasteiger partial charge in [0, 0.05) is 12.6 Å². The molecule has 0 amide bonds. The third-order valence-electron chi connectivity index (χ3n) is 4.13. The Kier molecular flexibility index (Phi) is 2.60. The number of phenols is 1. The lowest BCUT2D eigenvalue weighted by Crippen LogP contribution is -2.37. The molecule has 0 radical (unpaired) electrons. The van der Waals surface area contributed by atoms with Gasteiger partial charge in [-0.2, -0.15) is 0 Å². The van der Waals surface area contributed by atoms with Crippen molar-refractivity contribution in [3.63, 3.8) is 0 Å². The van der Waals surface area contributed by atoms with Crippen LogP contribution < -0.4 is 5.32 Å². The van der Waals surface area contributed by atoms with Crippen LogP contribution >= 0.6 is 0 Å². The van der Waals surface area contributed by atoms with E-state index in [-0.39, 0.29) is 0 Å². The van der Waals surface area contributed by atoms with E-state index in [4.69, 9.17) is 0 Å². The zero-order valence-electron chi connectivity index (χ0n) is 9.58. The molecule has 0 heterocycles. The standard InChI is InChI=1S/C14H19NO/c16-14-6-2-5-12-10(7-8-13(12)14)9-15-11-3-1-4-11/h2,5-6,10-11,15-16H,1,3-4,7-9H2. The van der Waals surface area contributed by atoms with Crippen molar-refractivity contribution < 1.29 is 5.11 Å². The van der Waals surface area contributed by atoms with E-state index in [2.05, 4.69) is 11.4 Å². The van der Waals surface area contributed by atoms with Crippen molar-refractivity contribution in [2.45, 2.75) is 44.1 Å². The van der Waals surface area contributed by atoms with Crippen molar-refractivity contribution in [1.82, 2.24) is 5.32 Å². The Hall–Kier alpha value is -1.02. The summed E-state index contributed by atoms with van der Waals surface area (Å²) in [7, 11) is 0. The predicted molar refractivity (Wildman–Crippen MR) is 64.8 cm³/mol. The number of benzene rings is 1. The molecule has 2 aliphatic rings. The SMILES string of the molecule is Oc1cccc2c1CCC2CNC1CCC1. The zero-order valence-corrected chi connectivity index (χ0v) is 9.58. The van der Waals surface area contributed by atoms with Crippen molar-refractivity contribution in [3.8, 4) is 5.75 Å². The molecule has 2 heteroatoms. The summed E-state index contributed by atoms with van der Waals surface area (Å²) in [6.07, 6.45) is 6.31. The summed E-state index contributed by atoms with van der Waals surface area (Å²) in [6.45, 7) is 1.08. The van der Waals surface area contributed by atoms with Crippen molar-refractivity contribution in [2.24, 2.45) is 0 Å². The van der Waals surface area contributed by atoms with E-state index in [1.807, 2.05) is 6.07 Å². The quantitative estimate of drug-likeness (QED) is 0.815. The van der Waals surface area contributed by atoms with Gasteiger partial charge in [-0.1, -0.05) is 18.6 Å². The first-order valence-corrected chi connectivity index (χ1v) is 6.39. The van der Waals surface area contributed by atoms with Gasteiger partial charge in [0.05, 0.1) is 0 Å². The first kappa shape index (κ1) is 10.2. The molecule has 2 aliphatic carbocycles. The van der Waals surface area contributed by atoms with Crippen LogP contribution in [0.3, 0.4) is 0 Å². The van der Waals surface area contributed by atoms with Gasteiger partial charge in [-0.15, -0.1) is 0 Å². The lowest BCUT2D eigenvalue weighted by molar-refractivity contribution is 0.331. The van der Waals surface area contributed by atoms with Crippen LogP contribution in [0.15, 0.2) is 18.2 Å². The first-order chi connectivity index (χ1) is 7.84. The molecular formula is C14H19NO. The Bertz CT molecular complexity index is 384. The van der Waals surface area contributed by atoms with Crippen molar-refractivity contribution >= 4 is 0 Å². The fourth-order valence-electron chi connectivity index (χ4n) is 2.85. The Morgan fingerprint density at radius 2 is 2.12 bits per heavy atom. The minimum Gasteiger partial charge on any atom is -0.508 e. The van der Waals surface area contributed by atoms with Crippen LogP contribution in [0.4, 0.5) is 0 Å². The molecule has 1 atom stereocenters. The highest BCUT2D eigenvalue weighted by Gasteiger charge is 2.26. The molecule has 0 aromatic heterocycles. The highest BCUT2D eigenvalue weighted by molar-refractivity contribution is 5.44. The summed E-state index contributed by atoms with van der Waals surface area (Å²) in [5, 5.41) is 13.4. The van der Waals surface area contributed by atoms with E-state index in [1.165, 1.54) is 36.8 Å². The highest BCUT2D eigenvalue weighted by Crippen LogP contribution is 2.37. The number of hydrogen-bond acceptors (Lipinski definition) is 2. The molecule has 1 fully saturated rings. The molecule has 1 aromatic rings. The Morgan fingerprint density at radius 1 is 1.25 bits per heavy atom. The normalized spacial score (nSPS) is 24.1. The molecule has 1 aromatic carbocycles. The van der Waals surface area contributed by atoms with E-state index in [1.54, 1.807) is 6.07 Å². The van der Waals surface area contributed by atoms with Gasteiger partial charge in [0.25, 0.3) is 0 Å². The Balaban J connectivity index is 1.68. The van der Waals surface area contributed by atoms with Crippen molar-refractivity contribution in [1.29, 1.82) is 0 Å². The van der Waals surface area contributed by atoms with Gasteiger partial charge in [0.1, 0.15) is 5.75 Å². The third-order valence-corrected chi connectivity index (χ3v) is 4.13. The second kappa shape index (κ2) is 4.10. The highest BCUT2D eigenvalue weighted by atomic mass is 16.3. The summed E-state index contributed by atoms with van der Waals surface area (Å²) in [5.41, 5.74) is 2.55. The largest absolute Gasteiger partial charge is 0.508 e. The van der Waals surface area contributed by atoms with E-state index in [9.17, 15) is 5.11 Å². The molecule has 86 valence electrons. The molecule has 1 unspecified atom stereocenters. The van der Waals surface area contributed by atoms with E-state index in [0.717, 1.165) is 19.0 Å². The first-order valence-electron chi connectivity index (χ1n) is 6.39. The van der Waals surface area contributed by atoms with Crippen LogP contribution in [-0.2, 0) is 6.42 Å². The maximum atomic E-state index is 9.76. The molecule has 0 bridgehead atoms. The fourth-order valence-corrected chi connectivity index (χ4v) is 2.85. The monoisotopic (exact) mass is 217 g/mol. The lowest BCUT2D eigenvalue weighted by Gasteiger charge is -2.28. The molecule has 3 rings (SSSR count). The Labute approximate surface area is 96.7 Å². The zero-order chi connectivity index (χ0) is 11.0. The second-order valence-electron chi connectivity index (χ2n) is 5.12. The van der Waals surface area contributed by atoms with Crippen molar-refractivity contribution in [3.05, 3.63) is 29.3 Å². The summed E-state index contributed by atoms with van der Waals surface area (Å²) in [5.74, 6) is 1.10. The van der Waals surface area contributed by atoms with Gasteiger partial charge in [-0.25, -0.2) is 0 Å². The average molecular weight is 217 g/mol. The number of fused-ring (bicyclic) bond motifs is 1. The van der Waals surface area contributed by atoms with Gasteiger partial charge in [0.15, 0.2) is 0 Å². The van der Waals surface area contributed by atoms with Crippen LogP contribution in [0.5, 0.6) is 5.75 Å². The average Bonchev–Trinajstić information content (AvgIpc) is 2.61. The summed E-state index contributed by atoms with van der Waals surface area (Å²) in [4.78, 5) is 0. The molecular weight excluding hydrogens is 198 g/mol. The number of hydrogen-bond donors (Lipinski definition) is 2. The second-order valence-corrected chi connectivity index (χ2v) is 5.12. The molecule has 2 nitrogen and oxygen atoms in total. The third kappa shape index (κ3) is 1.71. The molecule has 1 saturated carbocycles. The molecule has 2 N–H and O–H groups in total. The number of nitrogens with one attached hydrogen (secondary N) is 1. The van der Waals surface area contributed by atoms with E-state index >= 15 is 0 Å². The Morgan fingerprint density at radius 3 is 2.88 bits per heavy atom. The van der Waals surface area contributed by atoms with Gasteiger partial charge in [-0.05, 0) is 48.8 Å². The molecule has 0 spiro atoms. The molecule has 0 saturated heterocycles. The van der Waals surface area contributed by atoms with Gasteiger partial charge < -0.3 is 10.4 Å². The lowest BCUT2D eigenvalue weighted by atomic mass is 9.92. The predicted octanol–water partition coefficient (Wildman–Crippen LogP) is 2.56. The maximum absolute atomic E-state index is 9.76. The summed E-state index contributed by atoms with van der Waals surface area (Å²) in [6, 6.07) is 6.72. The van der Waals surface area contributed by atoms with E-state index in [0.29, 0.717) is 11.7 Å². The minimum atomic E-state index is 0.489. The summed E-state index contributed by atoms with van der Waals surface area (Å²) >= 11 is 0. The van der Waals surface area contributed by atoms with Crippen LogP contribution in [0.1, 0.15) is 42.7 Å². The fraction of sp³-hybridized carbons (Fsp3) is 0.571. The summed E-state index contributed by atoms with van der Waals surface area (Å²) < 4.78 is 0. The minimum absolute atomic E-state index is 0.489. The van der Waals surface area contributed by atoms with Crippen LogP contribution in [0, 0.1) is 0 Å². The van der Waals surface area contributed by atoms with Gasteiger partial charge >= 0.3 is 0 Å². The smallest absolute Gasteiger partial charge is 0.119 e. The van der Waals surface area contributed by atoms with Crippen LogP contribution in [0.2, 0.25) is 0 Å². The maximum Gasteiger partial charge on any atom is 0.119 e. The van der Waals surface area contributed by atoms with Gasteiger partial charge in [0.2, 0.25) is 0 Å². The van der Waals surface area contributed by atoms with Crippen molar-refractivity contribution in [2.75, 3.05) is 6.54 Å². The van der Waals surface area contributed by atoms with Crippen LogP contribution in [-0.4, -0.2) is 17.7 Å². The number of phenolic OH excluding ortho intramolecular Hbond substituents is 1. The van der Waals surface area contributed by atoms with Gasteiger partial charge in [-0.3, -0.25) is 0 Å². The molecule has 0 aliphatic heterocycles. The number of rotatable bonds is 3. The molecule has 16 heavy (non-hydrogen) atoms. The topological polar surface area (TPSA) is 32.3 Å². The van der Waals surface area contributed by atoms with Crippen LogP contribution in [0.25, 0.3) is 0 Å². The number of aromatic hydroxyl groups is 1. The van der Waals surface area contributed by atoms with E-state index < -0.39 is 0 Å².